The minimum atomic E-state index is -3.48. The molecule has 0 fully saturated rings. The number of sulfonamides is 1. The number of carbonyl (C=O) groups is 1. The number of nitrogens with one attached hydrogen (secondary N) is 1. The summed E-state index contributed by atoms with van der Waals surface area (Å²) in [7, 11) is -3.48. The van der Waals surface area contributed by atoms with Crippen LogP contribution in [0.3, 0.4) is 0 Å². The summed E-state index contributed by atoms with van der Waals surface area (Å²) in [6.45, 7) is 0.228. The van der Waals surface area contributed by atoms with Crippen LogP contribution >= 0.6 is 15.9 Å². The second-order valence-electron chi connectivity index (χ2n) is 4.89. The number of ketones is 1. The van der Waals surface area contributed by atoms with E-state index in [2.05, 4.69) is 20.7 Å². The molecule has 7 heteroatoms. The Hall–Kier alpha value is -1.86. The molecule has 0 atom stereocenters. The van der Waals surface area contributed by atoms with E-state index in [0.717, 1.165) is 11.8 Å². The van der Waals surface area contributed by atoms with Crippen molar-refractivity contribution in [3.05, 3.63) is 59.7 Å². The van der Waals surface area contributed by atoms with Gasteiger partial charge in [-0.15, -0.1) is 0 Å². The fraction of sp³-hybridized carbons (Fsp3) is 0.188. The van der Waals surface area contributed by atoms with Gasteiger partial charge in [0, 0.05) is 0 Å². The average Bonchev–Trinajstić information content (AvgIpc) is 2.52. The predicted molar refractivity (Wildman–Crippen MR) is 93.8 cm³/mol. The van der Waals surface area contributed by atoms with E-state index in [1.165, 1.54) is 0 Å². The Bertz CT molecular complexity index is 791. The van der Waals surface area contributed by atoms with Crippen LogP contribution in [-0.4, -0.2) is 25.8 Å². The quantitative estimate of drug-likeness (QED) is 0.574. The summed E-state index contributed by atoms with van der Waals surface area (Å²) in [6, 6.07) is 14.2. The Kier molecular flexibility index (Phi) is 5.79. The highest BCUT2D eigenvalue weighted by atomic mass is 79.9. The third-order valence-corrected chi connectivity index (χ3v) is 4.06. The van der Waals surface area contributed by atoms with Crippen LogP contribution in [0.4, 0.5) is 5.69 Å². The molecule has 23 heavy (non-hydrogen) atoms. The van der Waals surface area contributed by atoms with Crippen LogP contribution in [0, 0.1) is 0 Å². The molecule has 0 aromatic heterocycles. The number of benzene rings is 2. The van der Waals surface area contributed by atoms with Gasteiger partial charge in [-0.3, -0.25) is 9.52 Å². The number of anilines is 1. The Labute approximate surface area is 143 Å². The molecule has 0 radical (unpaired) electrons. The normalized spacial score (nSPS) is 11.0. The van der Waals surface area contributed by atoms with Gasteiger partial charge in [-0.25, -0.2) is 8.42 Å². The molecule has 0 bridgehead atoms. The summed E-state index contributed by atoms with van der Waals surface area (Å²) in [5.74, 6) is 0.0384. The third-order valence-electron chi connectivity index (χ3n) is 2.96. The van der Waals surface area contributed by atoms with Crippen LogP contribution in [-0.2, 0) is 16.6 Å². The van der Waals surface area contributed by atoms with Crippen LogP contribution in [0.25, 0.3) is 0 Å². The molecular weight excluding hydrogens is 382 g/mol. The van der Waals surface area contributed by atoms with Crippen molar-refractivity contribution in [3.8, 4) is 5.75 Å². The van der Waals surface area contributed by atoms with E-state index >= 15 is 0 Å². The van der Waals surface area contributed by atoms with Crippen molar-refractivity contribution in [2.75, 3.05) is 16.3 Å². The van der Waals surface area contributed by atoms with E-state index in [0.29, 0.717) is 5.56 Å². The summed E-state index contributed by atoms with van der Waals surface area (Å²) < 4.78 is 31.2. The fourth-order valence-electron chi connectivity index (χ4n) is 1.99. The number of carbonyl (C=O) groups excluding carboxylic acids is 1. The SMILES string of the molecule is CS(=O)(=O)Nc1cccc(C(=O)CBr)c1OCc1ccccc1. The molecule has 1 N–H and O–H groups in total. The maximum absolute atomic E-state index is 12.1. The van der Waals surface area contributed by atoms with E-state index in [1.54, 1.807) is 18.2 Å². The van der Waals surface area contributed by atoms with Crippen LogP contribution in [0.5, 0.6) is 5.75 Å². The lowest BCUT2D eigenvalue weighted by Gasteiger charge is -2.15. The highest BCUT2D eigenvalue weighted by Gasteiger charge is 2.17. The van der Waals surface area contributed by atoms with E-state index in [1.807, 2.05) is 30.3 Å². The van der Waals surface area contributed by atoms with Gasteiger partial charge in [0.1, 0.15) is 6.61 Å². The first kappa shape index (κ1) is 17.5. The summed E-state index contributed by atoms with van der Waals surface area (Å²) in [5.41, 5.74) is 1.49. The zero-order chi connectivity index (χ0) is 16.9. The molecule has 122 valence electrons. The number of ether oxygens (including phenoxy) is 1. The smallest absolute Gasteiger partial charge is 0.229 e. The highest BCUT2D eigenvalue weighted by molar-refractivity contribution is 9.09. The van der Waals surface area contributed by atoms with Crippen molar-refractivity contribution in [2.24, 2.45) is 0 Å². The van der Waals surface area contributed by atoms with E-state index < -0.39 is 10.0 Å². The van der Waals surface area contributed by atoms with Crippen molar-refractivity contribution >= 4 is 37.4 Å². The molecule has 0 aliphatic carbocycles. The van der Waals surface area contributed by atoms with Crippen LogP contribution < -0.4 is 9.46 Å². The average molecular weight is 398 g/mol. The molecule has 0 unspecified atom stereocenters. The molecule has 2 aromatic carbocycles. The molecule has 2 rings (SSSR count). The molecular formula is C16H16BrNO4S. The molecule has 0 amide bonds. The van der Waals surface area contributed by atoms with Gasteiger partial charge in [0.05, 0.1) is 22.8 Å². The second kappa shape index (κ2) is 7.61. The summed E-state index contributed by atoms with van der Waals surface area (Å²) >= 11 is 3.12. The molecule has 0 aliphatic rings. The number of alkyl halides is 1. The molecule has 0 aliphatic heterocycles. The molecule has 0 spiro atoms. The minimum absolute atomic E-state index is 0.122. The number of halogens is 1. The standard InChI is InChI=1S/C16H16BrNO4S/c1-23(20,21)18-14-9-5-8-13(15(19)10-17)16(14)22-11-12-6-3-2-4-7-12/h2-9,18H,10-11H2,1H3. The number of hydrogen-bond donors (Lipinski definition) is 1. The Morgan fingerprint density at radius 1 is 1.13 bits per heavy atom. The first-order valence-corrected chi connectivity index (χ1v) is 9.78. The van der Waals surface area contributed by atoms with Crippen LogP contribution in [0.15, 0.2) is 48.5 Å². The van der Waals surface area contributed by atoms with Gasteiger partial charge in [0.2, 0.25) is 10.0 Å². The van der Waals surface area contributed by atoms with E-state index in [9.17, 15) is 13.2 Å². The lowest BCUT2D eigenvalue weighted by Crippen LogP contribution is -2.13. The second-order valence-corrected chi connectivity index (χ2v) is 7.20. The Morgan fingerprint density at radius 2 is 1.83 bits per heavy atom. The van der Waals surface area contributed by atoms with Gasteiger partial charge in [0.15, 0.2) is 11.5 Å². The van der Waals surface area contributed by atoms with Crippen molar-refractivity contribution in [2.45, 2.75) is 6.61 Å². The van der Waals surface area contributed by atoms with Crippen molar-refractivity contribution < 1.29 is 17.9 Å². The monoisotopic (exact) mass is 397 g/mol. The van der Waals surface area contributed by atoms with E-state index in [-0.39, 0.29) is 29.2 Å². The lowest BCUT2D eigenvalue weighted by atomic mass is 10.1. The van der Waals surface area contributed by atoms with Crippen molar-refractivity contribution in [1.29, 1.82) is 0 Å². The van der Waals surface area contributed by atoms with Crippen LogP contribution in [0.2, 0.25) is 0 Å². The molecule has 0 saturated carbocycles. The number of para-hydroxylation sites is 1. The van der Waals surface area contributed by atoms with Gasteiger partial charge in [-0.05, 0) is 17.7 Å². The van der Waals surface area contributed by atoms with Gasteiger partial charge in [0.25, 0.3) is 0 Å². The third kappa shape index (κ3) is 5.07. The first-order chi connectivity index (χ1) is 10.9. The number of rotatable bonds is 7. The molecule has 2 aromatic rings. The summed E-state index contributed by atoms with van der Waals surface area (Å²) in [5, 5.41) is 0.122. The Morgan fingerprint density at radius 3 is 2.43 bits per heavy atom. The van der Waals surface area contributed by atoms with Crippen LogP contribution in [0.1, 0.15) is 15.9 Å². The van der Waals surface area contributed by atoms with Crippen molar-refractivity contribution in [1.82, 2.24) is 0 Å². The number of Topliss-reactive ketones (excluding diaryl/α,β-unsaturated/α-hetero) is 1. The van der Waals surface area contributed by atoms with Gasteiger partial charge in [-0.1, -0.05) is 52.3 Å². The largest absolute Gasteiger partial charge is 0.486 e. The van der Waals surface area contributed by atoms with Gasteiger partial charge < -0.3 is 4.74 Å². The molecule has 0 heterocycles. The minimum Gasteiger partial charge on any atom is -0.486 e. The topological polar surface area (TPSA) is 72.5 Å². The maximum atomic E-state index is 12.1. The zero-order valence-corrected chi connectivity index (χ0v) is 14.9. The predicted octanol–water partition coefficient (Wildman–Crippen LogP) is 3.21. The molecule has 0 saturated heterocycles. The van der Waals surface area contributed by atoms with E-state index in [4.69, 9.17) is 4.74 Å². The van der Waals surface area contributed by atoms with Gasteiger partial charge >= 0.3 is 0 Å². The fourth-order valence-corrected chi connectivity index (χ4v) is 2.86. The lowest BCUT2D eigenvalue weighted by molar-refractivity contribution is 0.101. The maximum Gasteiger partial charge on any atom is 0.229 e. The highest BCUT2D eigenvalue weighted by Crippen LogP contribution is 2.31. The number of hydrogen-bond acceptors (Lipinski definition) is 4. The van der Waals surface area contributed by atoms with Gasteiger partial charge in [-0.2, -0.15) is 0 Å². The summed E-state index contributed by atoms with van der Waals surface area (Å²) in [4.78, 5) is 12.1. The Balaban J connectivity index is 2.37. The first-order valence-electron chi connectivity index (χ1n) is 6.77. The van der Waals surface area contributed by atoms with Crippen molar-refractivity contribution in [3.63, 3.8) is 0 Å². The molecule has 5 nitrogen and oxygen atoms in total. The summed E-state index contributed by atoms with van der Waals surface area (Å²) in [6.07, 6.45) is 1.05. The zero-order valence-electron chi connectivity index (χ0n) is 12.5.